The first-order chi connectivity index (χ1) is 15.7. The van der Waals surface area contributed by atoms with E-state index < -0.39 is 34.1 Å². The highest BCUT2D eigenvalue weighted by molar-refractivity contribution is 9.10. The molecule has 0 spiro atoms. The van der Waals surface area contributed by atoms with Crippen LogP contribution in [0.2, 0.25) is 0 Å². The van der Waals surface area contributed by atoms with Crippen LogP contribution in [-0.2, 0) is 26.2 Å². The number of benzene rings is 2. The third kappa shape index (κ3) is 8.02. The Bertz CT molecular complexity index is 1110. The molecule has 2 rings (SSSR count). The van der Waals surface area contributed by atoms with Gasteiger partial charge in [0.2, 0.25) is 21.8 Å². The van der Waals surface area contributed by atoms with E-state index in [2.05, 4.69) is 21.2 Å². The lowest BCUT2D eigenvalue weighted by Crippen LogP contribution is -2.54. The number of halogens is 1. The molecule has 2 aromatic carbocycles. The van der Waals surface area contributed by atoms with Crippen LogP contribution in [0, 0.1) is 0 Å². The maximum atomic E-state index is 13.5. The Morgan fingerprint density at radius 3 is 2.24 bits per heavy atom. The number of methoxy groups -OCH3 is 1. The predicted molar refractivity (Wildman–Crippen MR) is 137 cm³/mol. The average Bonchev–Trinajstić information content (AvgIpc) is 2.73. The topological polar surface area (TPSA) is 96.0 Å². The Morgan fingerprint density at radius 2 is 1.74 bits per heavy atom. The lowest BCUT2D eigenvalue weighted by Gasteiger charge is -2.33. The van der Waals surface area contributed by atoms with E-state index in [-0.39, 0.29) is 12.5 Å². The van der Waals surface area contributed by atoms with E-state index in [1.165, 1.54) is 4.90 Å². The van der Waals surface area contributed by atoms with Crippen LogP contribution >= 0.6 is 15.9 Å². The first kappa shape index (κ1) is 27.7. The van der Waals surface area contributed by atoms with Crippen molar-refractivity contribution in [2.45, 2.75) is 45.8 Å². The summed E-state index contributed by atoms with van der Waals surface area (Å²) in [7, 11) is -2.21. The SMILES string of the molecule is COc1ccc(CN(C(=O)CN(c2cccc(Br)c2)S(C)(=O)=O)[C@H](C)C(=O)NC(C)(C)C)cc1. The molecule has 10 heteroatoms. The van der Waals surface area contributed by atoms with E-state index in [0.717, 1.165) is 16.1 Å². The van der Waals surface area contributed by atoms with Gasteiger partial charge in [-0.15, -0.1) is 0 Å². The number of rotatable bonds is 9. The van der Waals surface area contributed by atoms with Crippen molar-refractivity contribution in [2.75, 3.05) is 24.2 Å². The first-order valence-electron chi connectivity index (χ1n) is 10.7. The summed E-state index contributed by atoms with van der Waals surface area (Å²) in [5.41, 5.74) is 0.634. The molecule has 2 amide bonds. The summed E-state index contributed by atoms with van der Waals surface area (Å²) in [5, 5.41) is 2.89. The van der Waals surface area contributed by atoms with Gasteiger partial charge in [-0.1, -0.05) is 34.1 Å². The molecule has 0 heterocycles. The van der Waals surface area contributed by atoms with Gasteiger partial charge in [-0.2, -0.15) is 0 Å². The zero-order valence-electron chi connectivity index (χ0n) is 20.3. The Morgan fingerprint density at radius 1 is 1.12 bits per heavy atom. The van der Waals surface area contributed by atoms with Crippen LogP contribution in [0.4, 0.5) is 5.69 Å². The zero-order chi connectivity index (χ0) is 25.7. The van der Waals surface area contributed by atoms with Crippen LogP contribution < -0.4 is 14.4 Å². The van der Waals surface area contributed by atoms with Crippen molar-refractivity contribution in [3.8, 4) is 5.75 Å². The third-order valence-electron chi connectivity index (χ3n) is 4.95. The molecule has 0 aliphatic rings. The van der Waals surface area contributed by atoms with Crippen molar-refractivity contribution in [3.05, 3.63) is 58.6 Å². The number of anilines is 1. The summed E-state index contributed by atoms with van der Waals surface area (Å²) in [4.78, 5) is 27.8. The maximum Gasteiger partial charge on any atom is 0.244 e. The van der Waals surface area contributed by atoms with Crippen molar-refractivity contribution < 1.29 is 22.7 Å². The molecule has 0 bridgehead atoms. The van der Waals surface area contributed by atoms with Crippen LogP contribution in [0.1, 0.15) is 33.3 Å². The van der Waals surface area contributed by atoms with Gasteiger partial charge in [0.1, 0.15) is 18.3 Å². The van der Waals surface area contributed by atoms with Crippen LogP contribution in [0.25, 0.3) is 0 Å². The van der Waals surface area contributed by atoms with Gasteiger partial charge in [-0.25, -0.2) is 8.42 Å². The van der Waals surface area contributed by atoms with Gasteiger partial charge in [0.15, 0.2) is 0 Å². The van der Waals surface area contributed by atoms with Gasteiger partial charge in [0, 0.05) is 16.6 Å². The van der Waals surface area contributed by atoms with Crippen molar-refractivity contribution in [2.24, 2.45) is 0 Å². The third-order valence-corrected chi connectivity index (χ3v) is 6.59. The van der Waals surface area contributed by atoms with E-state index in [1.54, 1.807) is 62.6 Å². The molecule has 2 aromatic rings. The summed E-state index contributed by atoms with van der Waals surface area (Å²) in [6.07, 6.45) is 1.05. The van der Waals surface area contributed by atoms with Crippen LogP contribution in [0.5, 0.6) is 5.75 Å². The number of carbonyl (C=O) groups excluding carboxylic acids is 2. The van der Waals surface area contributed by atoms with E-state index in [0.29, 0.717) is 15.9 Å². The number of nitrogens with one attached hydrogen (secondary N) is 1. The number of hydrogen-bond donors (Lipinski definition) is 1. The van der Waals surface area contributed by atoms with E-state index in [1.807, 2.05) is 20.8 Å². The molecular weight excluding hydrogens is 522 g/mol. The molecule has 0 saturated heterocycles. The highest BCUT2D eigenvalue weighted by Gasteiger charge is 2.31. The normalized spacial score (nSPS) is 12.6. The molecule has 1 atom stereocenters. The molecule has 0 radical (unpaired) electrons. The molecule has 0 aliphatic heterocycles. The zero-order valence-corrected chi connectivity index (χ0v) is 22.7. The fourth-order valence-corrected chi connectivity index (χ4v) is 4.46. The van der Waals surface area contributed by atoms with Crippen LogP contribution in [-0.4, -0.2) is 56.6 Å². The Balaban J connectivity index is 2.40. The predicted octanol–water partition coefficient (Wildman–Crippen LogP) is 3.56. The number of amides is 2. The largest absolute Gasteiger partial charge is 0.497 e. The number of nitrogens with zero attached hydrogens (tertiary/aromatic N) is 2. The second-order valence-corrected chi connectivity index (χ2v) is 11.9. The lowest BCUT2D eigenvalue weighted by molar-refractivity contribution is -0.140. The summed E-state index contributed by atoms with van der Waals surface area (Å²) in [6.45, 7) is 6.87. The van der Waals surface area contributed by atoms with Gasteiger partial charge in [0.05, 0.1) is 19.1 Å². The minimum absolute atomic E-state index is 0.123. The monoisotopic (exact) mass is 553 g/mol. The van der Waals surface area contributed by atoms with Gasteiger partial charge >= 0.3 is 0 Å². The minimum atomic E-state index is -3.77. The Hall–Kier alpha value is -2.59. The summed E-state index contributed by atoms with van der Waals surface area (Å²) >= 11 is 3.34. The molecule has 186 valence electrons. The maximum absolute atomic E-state index is 13.5. The number of ether oxygens (including phenoxy) is 1. The fourth-order valence-electron chi connectivity index (χ4n) is 3.23. The molecule has 0 aromatic heterocycles. The first-order valence-corrected chi connectivity index (χ1v) is 13.3. The minimum Gasteiger partial charge on any atom is -0.497 e. The molecule has 34 heavy (non-hydrogen) atoms. The fraction of sp³-hybridized carbons (Fsp3) is 0.417. The highest BCUT2D eigenvalue weighted by Crippen LogP contribution is 2.23. The number of hydrogen-bond acceptors (Lipinski definition) is 5. The molecule has 8 nitrogen and oxygen atoms in total. The Labute approximate surface area is 210 Å². The van der Waals surface area contributed by atoms with E-state index in [9.17, 15) is 18.0 Å². The number of sulfonamides is 1. The number of carbonyl (C=O) groups is 2. The molecule has 1 N–H and O–H groups in total. The van der Waals surface area contributed by atoms with Gasteiger partial charge in [-0.3, -0.25) is 13.9 Å². The molecular formula is C24H32BrN3O5S. The second kappa shape index (κ2) is 11.2. The smallest absolute Gasteiger partial charge is 0.244 e. The molecule has 0 saturated carbocycles. The average molecular weight is 555 g/mol. The summed E-state index contributed by atoms with van der Waals surface area (Å²) in [6, 6.07) is 13.0. The lowest BCUT2D eigenvalue weighted by atomic mass is 10.1. The second-order valence-electron chi connectivity index (χ2n) is 9.03. The van der Waals surface area contributed by atoms with Crippen molar-refractivity contribution >= 4 is 43.5 Å². The van der Waals surface area contributed by atoms with Crippen molar-refractivity contribution in [3.63, 3.8) is 0 Å². The molecule has 0 aliphatic carbocycles. The Kier molecular flexibility index (Phi) is 9.13. The molecule has 0 fully saturated rings. The van der Waals surface area contributed by atoms with Gasteiger partial charge in [-0.05, 0) is 63.6 Å². The summed E-state index contributed by atoms with van der Waals surface area (Å²) < 4.78 is 32.0. The standard InChI is InChI=1S/C24H32BrN3O5S/c1-17(23(30)26-24(2,3)4)27(15-18-10-12-21(33-5)13-11-18)22(29)16-28(34(6,31)32)20-9-7-8-19(25)14-20/h7-14,17H,15-16H2,1-6H3,(H,26,30)/t17-/m1/s1. The van der Waals surface area contributed by atoms with E-state index >= 15 is 0 Å². The van der Waals surface area contributed by atoms with Crippen molar-refractivity contribution in [1.82, 2.24) is 10.2 Å². The van der Waals surface area contributed by atoms with E-state index in [4.69, 9.17) is 4.74 Å². The van der Waals surface area contributed by atoms with Crippen LogP contribution in [0.3, 0.4) is 0 Å². The van der Waals surface area contributed by atoms with Gasteiger partial charge < -0.3 is 15.0 Å². The highest BCUT2D eigenvalue weighted by atomic mass is 79.9. The summed E-state index contributed by atoms with van der Waals surface area (Å²) in [5.74, 6) is -0.168. The van der Waals surface area contributed by atoms with Crippen LogP contribution in [0.15, 0.2) is 53.0 Å². The van der Waals surface area contributed by atoms with Crippen molar-refractivity contribution in [1.29, 1.82) is 0 Å². The quantitative estimate of drug-likeness (QED) is 0.512. The molecule has 0 unspecified atom stereocenters. The van der Waals surface area contributed by atoms with Gasteiger partial charge in [0.25, 0.3) is 0 Å².